The minimum Gasteiger partial charge on any atom is -0.366 e. The average molecular weight is 360 g/mol. The van der Waals surface area contributed by atoms with Gasteiger partial charge in [-0.1, -0.05) is 0 Å². The van der Waals surface area contributed by atoms with Crippen molar-refractivity contribution in [2.75, 3.05) is 33.6 Å². The minimum absolute atomic E-state index is 0.111. The highest BCUT2D eigenvalue weighted by atomic mass is 32.2. The van der Waals surface area contributed by atoms with E-state index in [1.54, 1.807) is 13.0 Å². The molecule has 10 heteroatoms. The van der Waals surface area contributed by atoms with Crippen molar-refractivity contribution in [3.63, 3.8) is 0 Å². The molecule has 3 rings (SSSR count). The van der Waals surface area contributed by atoms with Crippen LogP contribution < -0.4 is 10.6 Å². The SMILES string of the molecule is Cc1nc(NC2CCS(=O)(=O)C2)cc(NC2CCS(=O)(=O)C2)n1. The molecule has 0 bridgehead atoms. The second-order valence-electron chi connectivity index (χ2n) is 6.17. The van der Waals surface area contributed by atoms with Crippen molar-refractivity contribution in [1.29, 1.82) is 0 Å². The van der Waals surface area contributed by atoms with Crippen LogP contribution in [0.4, 0.5) is 11.6 Å². The Morgan fingerprint density at radius 2 is 1.35 bits per heavy atom. The molecule has 0 radical (unpaired) electrons. The van der Waals surface area contributed by atoms with E-state index in [9.17, 15) is 16.8 Å². The summed E-state index contributed by atoms with van der Waals surface area (Å²) in [5.41, 5.74) is 0. The number of nitrogens with one attached hydrogen (secondary N) is 2. The second-order valence-corrected chi connectivity index (χ2v) is 10.6. The number of nitrogens with zero attached hydrogens (tertiary/aromatic N) is 2. The average Bonchev–Trinajstić information content (AvgIpc) is 2.91. The topological polar surface area (TPSA) is 118 Å². The number of hydrogen-bond acceptors (Lipinski definition) is 8. The Balaban J connectivity index is 1.70. The van der Waals surface area contributed by atoms with E-state index in [1.165, 1.54) is 0 Å². The second kappa shape index (κ2) is 5.90. The van der Waals surface area contributed by atoms with Crippen LogP contribution in [-0.4, -0.2) is 61.9 Å². The molecule has 2 saturated heterocycles. The van der Waals surface area contributed by atoms with Crippen LogP contribution in [-0.2, 0) is 19.7 Å². The molecule has 0 amide bonds. The van der Waals surface area contributed by atoms with E-state index < -0.39 is 19.7 Å². The highest BCUT2D eigenvalue weighted by Gasteiger charge is 2.29. The van der Waals surface area contributed by atoms with Gasteiger partial charge in [0.25, 0.3) is 0 Å². The summed E-state index contributed by atoms with van der Waals surface area (Å²) in [5, 5.41) is 6.26. The van der Waals surface area contributed by atoms with Gasteiger partial charge < -0.3 is 10.6 Å². The van der Waals surface area contributed by atoms with E-state index in [1.807, 2.05) is 0 Å². The number of rotatable bonds is 4. The Labute approximate surface area is 135 Å². The molecule has 2 aliphatic rings. The molecule has 0 aliphatic carbocycles. The van der Waals surface area contributed by atoms with Crippen LogP contribution in [0.15, 0.2) is 6.07 Å². The van der Waals surface area contributed by atoms with E-state index in [0.29, 0.717) is 30.3 Å². The normalized spacial score (nSPS) is 28.6. The molecular weight excluding hydrogens is 340 g/mol. The highest BCUT2D eigenvalue weighted by molar-refractivity contribution is 7.91. The first-order valence-electron chi connectivity index (χ1n) is 7.50. The lowest BCUT2D eigenvalue weighted by atomic mass is 10.2. The van der Waals surface area contributed by atoms with Crippen LogP contribution in [0.5, 0.6) is 0 Å². The number of aromatic nitrogens is 2. The summed E-state index contributed by atoms with van der Waals surface area (Å²) < 4.78 is 46.1. The lowest BCUT2D eigenvalue weighted by molar-refractivity contribution is 0.600. The Hall–Kier alpha value is -1.42. The fraction of sp³-hybridized carbons (Fsp3) is 0.692. The van der Waals surface area contributed by atoms with Crippen LogP contribution in [0.25, 0.3) is 0 Å². The van der Waals surface area contributed by atoms with Crippen LogP contribution in [0.3, 0.4) is 0 Å². The monoisotopic (exact) mass is 360 g/mol. The molecule has 2 aliphatic heterocycles. The Kier molecular flexibility index (Phi) is 4.21. The molecule has 8 nitrogen and oxygen atoms in total. The third-order valence-corrected chi connectivity index (χ3v) is 7.54. The molecule has 128 valence electrons. The summed E-state index contributed by atoms with van der Waals surface area (Å²) in [6.45, 7) is 1.74. The first-order chi connectivity index (χ1) is 10.7. The summed E-state index contributed by atoms with van der Waals surface area (Å²) in [6.07, 6.45) is 1.13. The molecular formula is C13H20N4O4S2. The lowest BCUT2D eigenvalue weighted by Gasteiger charge is -2.15. The van der Waals surface area contributed by atoms with Gasteiger partial charge in [-0.25, -0.2) is 26.8 Å². The van der Waals surface area contributed by atoms with Crippen molar-refractivity contribution in [3.05, 3.63) is 11.9 Å². The van der Waals surface area contributed by atoms with Gasteiger partial charge in [0.2, 0.25) is 0 Å². The van der Waals surface area contributed by atoms with Crippen molar-refractivity contribution in [2.45, 2.75) is 31.8 Å². The van der Waals surface area contributed by atoms with Crippen molar-refractivity contribution < 1.29 is 16.8 Å². The maximum atomic E-state index is 11.5. The predicted molar refractivity (Wildman–Crippen MR) is 88.1 cm³/mol. The third kappa shape index (κ3) is 4.31. The fourth-order valence-corrected chi connectivity index (χ4v) is 6.30. The molecule has 1 aromatic heterocycles. The molecule has 1 aromatic rings. The summed E-state index contributed by atoms with van der Waals surface area (Å²) in [7, 11) is -5.91. The van der Waals surface area contributed by atoms with E-state index >= 15 is 0 Å². The van der Waals surface area contributed by atoms with E-state index in [4.69, 9.17) is 0 Å². The first-order valence-corrected chi connectivity index (χ1v) is 11.1. The molecule has 3 heterocycles. The number of anilines is 2. The van der Waals surface area contributed by atoms with Crippen LogP contribution in [0, 0.1) is 6.92 Å². The zero-order chi connectivity index (χ0) is 16.7. The minimum atomic E-state index is -2.96. The molecule has 2 unspecified atom stereocenters. The van der Waals surface area contributed by atoms with Crippen LogP contribution >= 0.6 is 0 Å². The Morgan fingerprint density at radius 3 is 1.70 bits per heavy atom. The quantitative estimate of drug-likeness (QED) is 0.769. The Bertz CT molecular complexity index is 743. The van der Waals surface area contributed by atoms with E-state index in [2.05, 4.69) is 20.6 Å². The summed E-state index contributed by atoms with van der Waals surface area (Å²) in [4.78, 5) is 8.55. The number of hydrogen-bond donors (Lipinski definition) is 2. The maximum absolute atomic E-state index is 11.5. The van der Waals surface area contributed by atoms with Gasteiger partial charge in [-0.2, -0.15) is 0 Å². The zero-order valence-corrected chi connectivity index (χ0v) is 14.5. The molecule has 0 saturated carbocycles. The lowest BCUT2D eigenvalue weighted by Crippen LogP contribution is -2.23. The van der Waals surface area contributed by atoms with Gasteiger partial charge in [0.1, 0.15) is 17.5 Å². The summed E-state index contributed by atoms with van der Waals surface area (Å²) in [5.74, 6) is 2.27. The van der Waals surface area contributed by atoms with Gasteiger partial charge >= 0.3 is 0 Å². The highest BCUT2D eigenvalue weighted by Crippen LogP contribution is 2.20. The van der Waals surface area contributed by atoms with Gasteiger partial charge in [0.05, 0.1) is 23.0 Å². The summed E-state index contributed by atoms with van der Waals surface area (Å²) >= 11 is 0. The van der Waals surface area contributed by atoms with E-state index in [0.717, 1.165) is 0 Å². The molecule has 0 spiro atoms. The number of aryl methyl sites for hydroxylation is 1. The van der Waals surface area contributed by atoms with Gasteiger partial charge in [-0.05, 0) is 19.8 Å². The van der Waals surface area contributed by atoms with Crippen LogP contribution in [0.2, 0.25) is 0 Å². The largest absolute Gasteiger partial charge is 0.366 e. The summed E-state index contributed by atoms with van der Waals surface area (Å²) in [6, 6.07) is 1.41. The van der Waals surface area contributed by atoms with Crippen molar-refractivity contribution in [1.82, 2.24) is 9.97 Å². The number of sulfone groups is 2. The first kappa shape index (κ1) is 16.4. The molecule has 2 atom stereocenters. The van der Waals surface area contributed by atoms with Gasteiger partial charge in [-0.15, -0.1) is 0 Å². The van der Waals surface area contributed by atoms with Crippen molar-refractivity contribution >= 4 is 31.3 Å². The Morgan fingerprint density at radius 1 is 0.913 bits per heavy atom. The van der Waals surface area contributed by atoms with Crippen molar-refractivity contribution in [2.24, 2.45) is 0 Å². The molecule has 2 fully saturated rings. The molecule has 2 N–H and O–H groups in total. The maximum Gasteiger partial charge on any atom is 0.152 e. The molecule has 0 aromatic carbocycles. The van der Waals surface area contributed by atoms with Crippen molar-refractivity contribution in [3.8, 4) is 0 Å². The fourth-order valence-electron chi connectivity index (χ4n) is 2.95. The molecule has 23 heavy (non-hydrogen) atoms. The van der Waals surface area contributed by atoms with Gasteiger partial charge in [0, 0.05) is 18.2 Å². The smallest absolute Gasteiger partial charge is 0.152 e. The zero-order valence-electron chi connectivity index (χ0n) is 12.8. The predicted octanol–water partition coefficient (Wildman–Crippen LogP) is -0.0170. The van der Waals surface area contributed by atoms with E-state index in [-0.39, 0.29) is 35.1 Å². The van der Waals surface area contributed by atoms with Gasteiger partial charge in [-0.3, -0.25) is 0 Å². The van der Waals surface area contributed by atoms with Crippen LogP contribution in [0.1, 0.15) is 18.7 Å². The third-order valence-electron chi connectivity index (χ3n) is 4.01. The standard InChI is InChI=1S/C13H20N4O4S2/c1-9-14-12(16-10-2-4-22(18,19)7-10)6-13(15-9)17-11-3-5-23(20,21)8-11/h6,10-11H,2-5,7-8H2,1H3,(H2,14,15,16,17). The van der Waals surface area contributed by atoms with Gasteiger partial charge in [0.15, 0.2) is 19.7 Å².